The molecule has 35 heavy (non-hydrogen) atoms. The van der Waals surface area contributed by atoms with Crippen LogP contribution in [0.2, 0.25) is 0 Å². The lowest BCUT2D eigenvalue weighted by atomic mass is 9.95. The maximum atomic E-state index is 13.1. The van der Waals surface area contributed by atoms with E-state index in [2.05, 4.69) is 10.3 Å². The number of pyridine rings is 1. The second-order valence-electron chi connectivity index (χ2n) is 8.37. The van der Waals surface area contributed by atoms with Crippen LogP contribution in [0.4, 0.5) is 0 Å². The molecule has 0 aliphatic carbocycles. The van der Waals surface area contributed by atoms with E-state index in [1.54, 1.807) is 12.4 Å². The molecule has 3 heterocycles. The number of halogens is 3. The third kappa shape index (κ3) is 6.20. The standard InChI is InChI=1S/C23H22Cl3N3O4S2/c1-22(13-34-15-7-9-27-10-8-15)18(21(32)33-12-23(24,25)26)29-19(31)17(20(29)35-22)28-16(30)11-14-5-3-2-4-6-14/h2-10,17-18,20H,11-13H2,1H3,(H,28,30). The van der Waals surface area contributed by atoms with Crippen LogP contribution in [0.5, 0.6) is 0 Å². The number of ether oxygens (including phenoxy) is 1. The fourth-order valence-electron chi connectivity index (χ4n) is 4.03. The smallest absolute Gasteiger partial charge is 0.330 e. The molecule has 0 spiro atoms. The summed E-state index contributed by atoms with van der Waals surface area (Å²) < 4.78 is 2.81. The number of hydrogen-bond acceptors (Lipinski definition) is 7. The number of rotatable bonds is 8. The number of aromatic nitrogens is 1. The lowest BCUT2D eigenvalue weighted by molar-refractivity contribution is -0.164. The number of thioether (sulfide) groups is 2. The summed E-state index contributed by atoms with van der Waals surface area (Å²) in [7, 11) is 0. The minimum absolute atomic E-state index is 0.159. The lowest BCUT2D eigenvalue weighted by Gasteiger charge is -2.44. The van der Waals surface area contributed by atoms with Gasteiger partial charge in [-0.3, -0.25) is 14.6 Å². The predicted molar refractivity (Wildman–Crippen MR) is 139 cm³/mol. The zero-order chi connectivity index (χ0) is 25.2. The van der Waals surface area contributed by atoms with Crippen molar-refractivity contribution in [3.05, 3.63) is 60.4 Å². The Balaban J connectivity index is 1.49. The molecule has 2 aliphatic rings. The van der Waals surface area contributed by atoms with Gasteiger partial charge < -0.3 is 15.0 Å². The van der Waals surface area contributed by atoms with E-state index in [9.17, 15) is 14.4 Å². The summed E-state index contributed by atoms with van der Waals surface area (Å²) in [5, 5.41) is 2.42. The first-order valence-electron chi connectivity index (χ1n) is 10.7. The van der Waals surface area contributed by atoms with Crippen LogP contribution in [-0.2, 0) is 25.5 Å². The number of nitrogens with zero attached hydrogens (tertiary/aromatic N) is 2. The number of amides is 2. The highest BCUT2D eigenvalue weighted by molar-refractivity contribution is 8.04. The van der Waals surface area contributed by atoms with Gasteiger partial charge >= 0.3 is 5.97 Å². The van der Waals surface area contributed by atoms with Crippen LogP contribution in [0.1, 0.15) is 12.5 Å². The molecule has 7 nitrogen and oxygen atoms in total. The average molecular weight is 575 g/mol. The third-order valence-electron chi connectivity index (χ3n) is 5.63. The van der Waals surface area contributed by atoms with Gasteiger partial charge in [0.05, 0.1) is 11.2 Å². The molecule has 12 heteroatoms. The van der Waals surface area contributed by atoms with Gasteiger partial charge in [0.2, 0.25) is 15.6 Å². The molecule has 186 valence electrons. The minimum Gasteiger partial charge on any atom is -0.460 e. The van der Waals surface area contributed by atoms with Crippen molar-refractivity contribution in [3.63, 3.8) is 0 Å². The number of alkyl halides is 3. The Kier molecular flexibility index (Phi) is 8.12. The Morgan fingerprint density at radius 2 is 1.89 bits per heavy atom. The number of carbonyl (C=O) groups is 3. The molecule has 4 unspecified atom stereocenters. The molecule has 2 aliphatic heterocycles. The van der Waals surface area contributed by atoms with E-state index in [0.717, 1.165) is 10.5 Å². The van der Waals surface area contributed by atoms with Crippen LogP contribution < -0.4 is 5.32 Å². The van der Waals surface area contributed by atoms with Crippen LogP contribution in [-0.4, -0.2) is 66.0 Å². The average Bonchev–Trinajstić information content (AvgIpc) is 3.10. The number of hydrogen-bond donors (Lipinski definition) is 1. The van der Waals surface area contributed by atoms with Crippen molar-refractivity contribution in [1.82, 2.24) is 15.2 Å². The molecule has 0 bridgehead atoms. The lowest BCUT2D eigenvalue weighted by Crippen LogP contribution is -2.71. The van der Waals surface area contributed by atoms with Crippen molar-refractivity contribution in [1.29, 1.82) is 0 Å². The maximum absolute atomic E-state index is 13.1. The van der Waals surface area contributed by atoms with Gasteiger partial charge in [-0.25, -0.2) is 4.79 Å². The highest BCUT2D eigenvalue weighted by Crippen LogP contribution is 2.53. The molecule has 1 N–H and O–H groups in total. The van der Waals surface area contributed by atoms with Gasteiger partial charge in [0, 0.05) is 23.0 Å². The normalized spacial score (nSPS) is 25.5. The van der Waals surface area contributed by atoms with E-state index >= 15 is 0 Å². The van der Waals surface area contributed by atoms with Crippen LogP contribution in [0.3, 0.4) is 0 Å². The van der Waals surface area contributed by atoms with Crippen molar-refractivity contribution in [2.24, 2.45) is 0 Å². The van der Waals surface area contributed by atoms with Crippen molar-refractivity contribution >= 4 is 76.1 Å². The topological polar surface area (TPSA) is 88.6 Å². The van der Waals surface area contributed by atoms with Crippen molar-refractivity contribution in [2.75, 3.05) is 12.4 Å². The number of nitrogens with one attached hydrogen (secondary N) is 1. The Morgan fingerprint density at radius 1 is 1.20 bits per heavy atom. The monoisotopic (exact) mass is 573 g/mol. The number of esters is 1. The van der Waals surface area contributed by atoms with Gasteiger partial charge in [-0.05, 0) is 24.6 Å². The summed E-state index contributed by atoms with van der Waals surface area (Å²) in [5.74, 6) is -0.742. The zero-order valence-electron chi connectivity index (χ0n) is 18.5. The second-order valence-corrected chi connectivity index (χ2v) is 13.6. The van der Waals surface area contributed by atoms with E-state index in [1.807, 2.05) is 49.4 Å². The highest BCUT2D eigenvalue weighted by Gasteiger charge is 2.66. The Bertz CT molecular complexity index is 1090. The molecule has 1 aromatic heterocycles. The molecule has 0 saturated carbocycles. The molecular formula is C23H22Cl3N3O4S2. The summed E-state index contributed by atoms with van der Waals surface area (Å²) >= 11 is 20.3. The predicted octanol–water partition coefficient (Wildman–Crippen LogP) is 3.86. The maximum Gasteiger partial charge on any atom is 0.330 e. The van der Waals surface area contributed by atoms with Gasteiger partial charge in [0.1, 0.15) is 24.1 Å². The molecule has 4 atom stereocenters. The molecule has 2 amide bonds. The van der Waals surface area contributed by atoms with E-state index in [1.165, 1.54) is 28.4 Å². The molecule has 2 fully saturated rings. The number of fused-ring (bicyclic) bond motifs is 1. The number of benzene rings is 1. The second kappa shape index (κ2) is 10.8. The SMILES string of the molecule is CC1(CSc2ccncc2)SC2C(NC(=O)Cc3ccccc3)C(=O)N2C1C(=O)OCC(Cl)(Cl)Cl. The molecule has 0 radical (unpaired) electrons. The van der Waals surface area contributed by atoms with E-state index in [0.29, 0.717) is 5.75 Å². The van der Waals surface area contributed by atoms with Crippen LogP contribution in [0.25, 0.3) is 0 Å². The largest absolute Gasteiger partial charge is 0.460 e. The highest BCUT2D eigenvalue weighted by atomic mass is 35.6. The molecule has 2 aromatic rings. The number of carbonyl (C=O) groups excluding carboxylic acids is 3. The van der Waals surface area contributed by atoms with Crippen molar-refractivity contribution < 1.29 is 19.1 Å². The van der Waals surface area contributed by atoms with Gasteiger partial charge in [0.25, 0.3) is 0 Å². The van der Waals surface area contributed by atoms with Crippen molar-refractivity contribution in [2.45, 2.75) is 44.2 Å². The van der Waals surface area contributed by atoms with Crippen molar-refractivity contribution in [3.8, 4) is 0 Å². The van der Waals surface area contributed by atoms with Gasteiger partial charge in [-0.2, -0.15) is 0 Å². The zero-order valence-corrected chi connectivity index (χ0v) is 22.4. The molecule has 4 rings (SSSR count). The summed E-state index contributed by atoms with van der Waals surface area (Å²) in [6.07, 6.45) is 3.54. The van der Waals surface area contributed by atoms with Gasteiger partial charge in [-0.1, -0.05) is 65.1 Å². The van der Waals surface area contributed by atoms with Crippen LogP contribution >= 0.6 is 58.3 Å². The molecule has 1 aromatic carbocycles. The fourth-order valence-corrected chi connectivity index (χ4v) is 7.12. The van der Waals surface area contributed by atoms with Gasteiger partial charge in [0.15, 0.2) is 0 Å². The van der Waals surface area contributed by atoms with Crippen LogP contribution in [0.15, 0.2) is 59.8 Å². The first-order valence-corrected chi connectivity index (χ1v) is 13.7. The number of β-lactam (4-membered cyclic amide) rings is 1. The summed E-state index contributed by atoms with van der Waals surface area (Å²) in [6.45, 7) is 1.47. The van der Waals surface area contributed by atoms with Gasteiger partial charge in [-0.15, -0.1) is 23.5 Å². The first-order chi connectivity index (χ1) is 16.6. The van der Waals surface area contributed by atoms with Crippen LogP contribution in [0, 0.1) is 0 Å². The first kappa shape index (κ1) is 26.4. The summed E-state index contributed by atoms with van der Waals surface area (Å²) in [4.78, 5) is 45.3. The molecular weight excluding hydrogens is 553 g/mol. The Morgan fingerprint density at radius 3 is 2.54 bits per heavy atom. The van der Waals surface area contributed by atoms with E-state index in [-0.39, 0.29) is 18.2 Å². The fraction of sp³-hybridized carbons (Fsp3) is 0.391. The quantitative estimate of drug-likeness (QED) is 0.222. The van der Waals surface area contributed by atoms with E-state index in [4.69, 9.17) is 39.5 Å². The summed E-state index contributed by atoms with van der Waals surface area (Å²) in [6, 6.07) is 11.4. The van der Waals surface area contributed by atoms with E-state index < -0.39 is 38.6 Å². The minimum atomic E-state index is -1.77. The molecule has 2 saturated heterocycles. The third-order valence-corrected chi connectivity index (χ3v) is 9.13. The Labute approximate surface area is 226 Å². The Hall–Kier alpha value is -1.65. The summed E-state index contributed by atoms with van der Waals surface area (Å²) in [5.41, 5.74) is 0.847.